The SMILES string of the molecule is CC(C)CC1(CNC(C)c2ccc(F)cc2)CCCC1. The highest BCUT2D eigenvalue weighted by atomic mass is 19.1. The predicted molar refractivity (Wildman–Crippen MR) is 83.2 cm³/mol. The highest BCUT2D eigenvalue weighted by Crippen LogP contribution is 2.42. The van der Waals surface area contributed by atoms with Gasteiger partial charge in [0.1, 0.15) is 5.82 Å². The van der Waals surface area contributed by atoms with E-state index in [1.54, 1.807) is 12.1 Å². The van der Waals surface area contributed by atoms with Gasteiger partial charge in [0.25, 0.3) is 0 Å². The van der Waals surface area contributed by atoms with Crippen molar-refractivity contribution in [1.29, 1.82) is 0 Å². The second-order valence-corrected chi connectivity index (χ2v) is 6.96. The summed E-state index contributed by atoms with van der Waals surface area (Å²) in [5.74, 6) is 0.601. The van der Waals surface area contributed by atoms with Crippen LogP contribution in [0.1, 0.15) is 64.5 Å². The highest BCUT2D eigenvalue weighted by Gasteiger charge is 2.34. The first-order valence-electron chi connectivity index (χ1n) is 8.00. The van der Waals surface area contributed by atoms with Crippen LogP contribution in [-0.2, 0) is 0 Å². The normalized spacial score (nSPS) is 19.4. The van der Waals surface area contributed by atoms with E-state index in [9.17, 15) is 4.39 Å². The number of hydrogen-bond acceptors (Lipinski definition) is 1. The quantitative estimate of drug-likeness (QED) is 0.764. The smallest absolute Gasteiger partial charge is 0.123 e. The van der Waals surface area contributed by atoms with Crippen molar-refractivity contribution < 1.29 is 4.39 Å². The van der Waals surface area contributed by atoms with Gasteiger partial charge < -0.3 is 5.32 Å². The molecule has 1 N–H and O–H groups in total. The molecule has 1 saturated carbocycles. The summed E-state index contributed by atoms with van der Waals surface area (Å²) >= 11 is 0. The van der Waals surface area contributed by atoms with E-state index < -0.39 is 0 Å². The molecular formula is C18H28FN. The van der Waals surface area contributed by atoms with Crippen LogP contribution in [0.25, 0.3) is 0 Å². The molecule has 0 saturated heterocycles. The molecule has 0 aromatic heterocycles. The predicted octanol–water partition coefficient (Wildman–Crippen LogP) is 5.08. The number of benzene rings is 1. The van der Waals surface area contributed by atoms with Crippen LogP contribution in [0.2, 0.25) is 0 Å². The van der Waals surface area contributed by atoms with Crippen LogP contribution in [0.3, 0.4) is 0 Å². The number of nitrogens with one attached hydrogen (secondary N) is 1. The Morgan fingerprint density at radius 1 is 1.10 bits per heavy atom. The van der Waals surface area contributed by atoms with Crippen molar-refractivity contribution >= 4 is 0 Å². The molecule has 1 aromatic carbocycles. The van der Waals surface area contributed by atoms with Crippen molar-refractivity contribution in [2.24, 2.45) is 11.3 Å². The summed E-state index contributed by atoms with van der Waals surface area (Å²) in [7, 11) is 0. The summed E-state index contributed by atoms with van der Waals surface area (Å²) in [5, 5.41) is 3.68. The van der Waals surface area contributed by atoms with E-state index in [0.717, 1.165) is 12.5 Å². The first kappa shape index (κ1) is 15.5. The molecule has 2 rings (SSSR count). The molecule has 112 valence electrons. The third-order valence-electron chi connectivity index (χ3n) is 4.66. The zero-order valence-electron chi connectivity index (χ0n) is 13.1. The lowest BCUT2D eigenvalue weighted by molar-refractivity contribution is 0.217. The van der Waals surface area contributed by atoms with Crippen LogP contribution < -0.4 is 5.32 Å². The van der Waals surface area contributed by atoms with Gasteiger partial charge in [0.15, 0.2) is 0 Å². The number of hydrogen-bond donors (Lipinski definition) is 1. The molecule has 0 heterocycles. The second kappa shape index (κ2) is 6.71. The molecular weight excluding hydrogens is 249 g/mol. The van der Waals surface area contributed by atoms with Gasteiger partial charge in [-0.3, -0.25) is 0 Å². The van der Waals surface area contributed by atoms with Crippen molar-refractivity contribution in [2.75, 3.05) is 6.54 Å². The Bertz CT molecular complexity index is 404. The van der Waals surface area contributed by atoms with E-state index in [4.69, 9.17) is 0 Å². The van der Waals surface area contributed by atoms with E-state index in [1.165, 1.54) is 37.7 Å². The minimum absolute atomic E-state index is 0.159. The Morgan fingerprint density at radius 3 is 2.25 bits per heavy atom. The number of halogens is 1. The zero-order valence-corrected chi connectivity index (χ0v) is 13.1. The minimum atomic E-state index is -0.159. The molecule has 0 spiro atoms. The summed E-state index contributed by atoms with van der Waals surface area (Å²) in [4.78, 5) is 0. The summed E-state index contributed by atoms with van der Waals surface area (Å²) < 4.78 is 13.0. The van der Waals surface area contributed by atoms with Crippen LogP contribution in [0.5, 0.6) is 0 Å². The Balaban J connectivity index is 1.93. The molecule has 20 heavy (non-hydrogen) atoms. The van der Waals surface area contributed by atoms with Gasteiger partial charge in [0, 0.05) is 12.6 Å². The third kappa shape index (κ3) is 4.05. The van der Waals surface area contributed by atoms with Crippen LogP contribution in [-0.4, -0.2) is 6.54 Å². The van der Waals surface area contributed by atoms with Gasteiger partial charge in [-0.25, -0.2) is 4.39 Å². The van der Waals surface area contributed by atoms with Crippen molar-refractivity contribution in [3.05, 3.63) is 35.6 Å². The van der Waals surface area contributed by atoms with E-state index in [-0.39, 0.29) is 5.82 Å². The molecule has 1 aliphatic rings. The number of rotatable bonds is 6. The maximum Gasteiger partial charge on any atom is 0.123 e. The Kier molecular flexibility index (Phi) is 5.20. The fourth-order valence-corrected chi connectivity index (χ4v) is 3.68. The second-order valence-electron chi connectivity index (χ2n) is 6.96. The standard InChI is InChI=1S/C18H28FN/c1-14(2)12-18(10-4-5-11-18)13-20-15(3)16-6-8-17(19)9-7-16/h6-9,14-15,20H,4-5,10-13H2,1-3H3. The summed E-state index contributed by atoms with van der Waals surface area (Å²) in [6, 6.07) is 7.16. The van der Waals surface area contributed by atoms with E-state index in [0.29, 0.717) is 11.5 Å². The molecule has 0 radical (unpaired) electrons. The molecule has 1 nitrogen and oxygen atoms in total. The van der Waals surface area contributed by atoms with E-state index >= 15 is 0 Å². The van der Waals surface area contributed by atoms with Crippen LogP contribution in [0, 0.1) is 17.2 Å². The molecule has 2 heteroatoms. The van der Waals surface area contributed by atoms with Gasteiger partial charge in [-0.05, 0) is 55.2 Å². The molecule has 1 unspecified atom stereocenters. The van der Waals surface area contributed by atoms with Crippen LogP contribution in [0.4, 0.5) is 4.39 Å². The molecule has 1 aliphatic carbocycles. The molecule has 1 atom stereocenters. The van der Waals surface area contributed by atoms with Crippen molar-refractivity contribution in [3.8, 4) is 0 Å². The molecule has 1 aromatic rings. The lowest BCUT2D eigenvalue weighted by Gasteiger charge is -2.32. The molecule has 0 aliphatic heterocycles. The maximum absolute atomic E-state index is 13.0. The Morgan fingerprint density at radius 2 is 1.70 bits per heavy atom. The fraction of sp³-hybridized carbons (Fsp3) is 0.667. The van der Waals surface area contributed by atoms with Crippen LogP contribution in [0.15, 0.2) is 24.3 Å². The summed E-state index contributed by atoms with van der Waals surface area (Å²) in [5.41, 5.74) is 1.66. The van der Waals surface area contributed by atoms with Gasteiger partial charge in [-0.15, -0.1) is 0 Å². The van der Waals surface area contributed by atoms with Gasteiger partial charge in [0.2, 0.25) is 0 Å². The minimum Gasteiger partial charge on any atom is -0.310 e. The van der Waals surface area contributed by atoms with E-state index in [1.807, 2.05) is 12.1 Å². The first-order valence-corrected chi connectivity index (χ1v) is 8.00. The topological polar surface area (TPSA) is 12.0 Å². The average molecular weight is 277 g/mol. The van der Waals surface area contributed by atoms with Gasteiger partial charge >= 0.3 is 0 Å². The maximum atomic E-state index is 13.0. The van der Waals surface area contributed by atoms with Crippen LogP contribution >= 0.6 is 0 Å². The van der Waals surface area contributed by atoms with Crippen molar-refractivity contribution in [1.82, 2.24) is 5.32 Å². The lowest BCUT2D eigenvalue weighted by atomic mass is 9.78. The molecule has 0 bridgehead atoms. The van der Waals surface area contributed by atoms with Gasteiger partial charge in [-0.1, -0.05) is 38.8 Å². The summed E-state index contributed by atoms with van der Waals surface area (Å²) in [6.07, 6.45) is 6.78. The third-order valence-corrected chi connectivity index (χ3v) is 4.66. The lowest BCUT2D eigenvalue weighted by Crippen LogP contribution is -2.34. The van der Waals surface area contributed by atoms with Gasteiger partial charge in [0.05, 0.1) is 0 Å². The van der Waals surface area contributed by atoms with Gasteiger partial charge in [-0.2, -0.15) is 0 Å². The first-order chi connectivity index (χ1) is 9.51. The van der Waals surface area contributed by atoms with Crippen molar-refractivity contribution in [2.45, 2.75) is 58.9 Å². The Labute approximate surface area is 123 Å². The monoisotopic (exact) mass is 277 g/mol. The molecule has 1 fully saturated rings. The van der Waals surface area contributed by atoms with Crippen molar-refractivity contribution in [3.63, 3.8) is 0 Å². The van der Waals surface area contributed by atoms with E-state index in [2.05, 4.69) is 26.1 Å². The largest absolute Gasteiger partial charge is 0.310 e. The average Bonchev–Trinajstić information content (AvgIpc) is 2.85. The highest BCUT2D eigenvalue weighted by molar-refractivity contribution is 5.19. The fourth-order valence-electron chi connectivity index (χ4n) is 3.68. The Hall–Kier alpha value is -0.890. The summed E-state index contributed by atoms with van der Waals surface area (Å²) in [6.45, 7) is 7.90. The zero-order chi connectivity index (χ0) is 14.6. The molecule has 0 amide bonds.